The molecule has 1 aromatic rings. The van der Waals surface area contributed by atoms with Gasteiger partial charge < -0.3 is 10.6 Å². The van der Waals surface area contributed by atoms with Gasteiger partial charge in [0.15, 0.2) is 11.7 Å². The topological polar surface area (TPSA) is 52.6 Å². The Morgan fingerprint density at radius 2 is 1.89 bits per heavy atom. The highest BCUT2D eigenvalue weighted by molar-refractivity contribution is 14.0. The van der Waals surface area contributed by atoms with Crippen LogP contribution in [0.3, 0.4) is 0 Å². The quantitative estimate of drug-likeness (QED) is 0.297. The molecule has 0 amide bonds. The molecule has 5 nitrogen and oxygen atoms in total. The second-order valence-electron chi connectivity index (χ2n) is 6.82. The van der Waals surface area contributed by atoms with Crippen LogP contribution in [-0.4, -0.2) is 48.6 Å². The zero-order chi connectivity index (χ0) is 19.9. The fourth-order valence-electron chi connectivity index (χ4n) is 3.60. The Hall–Kier alpha value is -0.620. The van der Waals surface area contributed by atoms with Gasteiger partial charge in [-0.25, -0.2) is 4.98 Å². The number of likely N-dealkylation sites (tertiary alicyclic amines) is 1. The maximum atomic E-state index is 12.6. The SMILES string of the molecule is CCC(CC)C(CNC(=NC)NCc1nc(C(F)(F)F)cs1)N1CCCC1.I. The van der Waals surface area contributed by atoms with Crippen LogP contribution in [0.5, 0.6) is 0 Å². The second-order valence-corrected chi connectivity index (χ2v) is 7.76. The lowest BCUT2D eigenvalue weighted by Crippen LogP contribution is -2.49. The third-order valence-corrected chi connectivity index (χ3v) is 6.00. The molecule has 2 N–H and O–H groups in total. The number of halogens is 4. The monoisotopic (exact) mass is 533 g/mol. The van der Waals surface area contributed by atoms with Gasteiger partial charge >= 0.3 is 6.18 Å². The van der Waals surface area contributed by atoms with Crippen molar-refractivity contribution in [3.8, 4) is 0 Å². The first-order chi connectivity index (χ1) is 12.9. The summed E-state index contributed by atoms with van der Waals surface area (Å²) in [6, 6.07) is 0.442. The van der Waals surface area contributed by atoms with E-state index in [2.05, 4.69) is 39.4 Å². The van der Waals surface area contributed by atoms with E-state index in [-0.39, 0.29) is 30.5 Å². The Labute approximate surface area is 186 Å². The molecule has 1 aliphatic heterocycles. The number of alkyl halides is 3. The van der Waals surface area contributed by atoms with Crippen LogP contribution >= 0.6 is 35.3 Å². The lowest BCUT2D eigenvalue weighted by atomic mass is 9.93. The van der Waals surface area contributed by atoms with Crippen molar-refractivity contribution in [3.05, 3.63) is 16.1 Å². The summed E-state index contributed by atoms with van der Waals surface area (Å²) in [5.41, 5.74) is -0.838. The average molecular weight is 533 g/mol. The molecule has 1 aliphatic rings. The molecule has 2 heterocycles. The van der Waals surface area contributed by atoms with Gasteiger partial charge in [0.05, 0.1) is 6.54 Å². The molecule has 2 rings (SSSR count). The smallest absolute Gasteiger partial charge is 0.355 e. The highest BCUT2D eigenvalue weighted by atomic mass is 127. The molecule has 0 spiro atoms. The summed E-state index contributed by atoms with van der Waals surface area (Å²) in [4.78, 5) is 10.4. The van der Waals surface area contributed by atoms with E-state index in [0.29, 0.717) is 22.9 Å². The first-order valence-electron chi connectivity index (χ1n) is 9.59. The number of nitrogens with one attached hydrogen (secondary N) is 2. The van der Waals surface area contributed by atoms with Crippen molar-refractivity contribution in [2.45, 2.75) is 58.3 Å². The van der Waals surface area contributed by atoms with Crippen LogP contribution in [0.2, 0.25) is 0 Å². The number of thiazole rings is 1. The van der Waals surface area contributed by atoms with Gasteiger partial charge in [-0.3, -0.25) is 9.89 Å². The number of rotatable bonds is 8. The molecule has 28 heavy (non-hydrogen) atoms. The van der Waals surface area contributed by atoms with Crippen LogP contribution in [0.15, 0.2) is 10.4 Å². The molecule has 10 heteroatoms. The molecular formula is C18H31F3IN5S. The maximum Gasteiger partial charge on any atom is 0.434 e. The molecule has 1 fully saturated rings. The van der Waals surface area contributed by atoms with Crippen LogP contribution < -0.4 is 10.6 Å². The summed E-state index contributed by atoms with van der Waals surface area (Å²) < 4.78 is 37.9. The molecule has 0 radical (unpaired) electrons. The standard InChI is InChI=1S/C18H30F3N5S.HI/c1-4-13(5-2)14(26-8-6-7-9-26)10-23-17(22-3)24-11-16-25-15(12-27-16)18(19,20)21;/h12-14H,4-11H2,1-3H3,(H2,22,23,24);1H. The van der Waals surface area contributed by atoms with Crippen molar-refractivity contribution < 1.29 is 13.2 Å². The molecule has 0 bridgehead atoms. The lowest BCUT2D eigenvalue weighted by molar-refractivity contribution is -0.140. The van der Waals surface area contributed by atoms with E-state index in [1.807, 2.05) is 0 Å². The average Bonchev–Trinajstić information content (AvgIpc) is 3.32. The first-order valence-corrected chi connectivity index (χ1v) is 10.5. The number of aromatic nitrogens is 1. The van der Waals surface area contributed by atoms with Crippen LogP contribution in [-0.2, 0) is 12.7 Å². The van der Waals surface area contributed by atoms with E-state index in [1.165, 1.54) is 12.8 Å². The highest BCUT2D eigenvalue weighted by Gasteiger charge is 2.33. The summed E-state index contributed by atoms with van der Waals surface area (Å²) >= 11 is 1.00. The Balaban J connectivity index is 0.00000392. The Bertz CT molecular complexity index is 596. The van der Waals surface area contributed by atoms with Crippen molar-refractivity contribution >= 4 is 41.3 Å². The third-order valence-electron chi connectivity index (χ3n) is 5.15. The van der Waals surface area contributed by atoms with Gasteiger partial charge in [-0.2, -0.15) is 13.2 Å². The summed E-state index contributed by atoms with van der Waals surface area (Å²) in [6.07, 6.45) is 0.354. The van der Waals surface area contributed by atoms with Gasteiger partial charge in [-0.1, -0.05) is 26.7 Å². The van der Waals surface area contributed by atoms with Gasteiger partial charge in [0.1, 0.15) is 5.01 Å². The largest absolute Gasteiger partial charge is 0.434 e. The minimum absolute atomic E-state index is 0. The van der Waals surface area contributed by atoms with E-state index in [1.54, 1.807) is 7.05 Å². The molecule has 0 aliphatic carbocycles. The Morgan fingerprint density at radius 1 is 1.25 bits per heavy atom. The van der Waals surface area contributed by atoms with Crippen LogP contribution in [0.1, 0.15) is 50.2 Å². The third kappa shape index (κ3) is 7.33. The van der Waals surface area contributed by atoms with Gasteiger partial charge in [0.2, 0.25) is 0 Å². The molecule has 162 valence electrons. The molecular weight excluding hydrogens is 502 g/mol. The molecule has 1 atom stereocenters. The maximum absolute atomic E-state index is 12.6. The molecule has 0 aromatic carbocycles. The van der Waals surface area contributed by atoms with Gasteiger partial charge in [-0.05, 0) is 31.8 Å². The number of hydrogen-bond acceptors (Lipinski definition) is 4. The number of nitrogens with zero attached hydrogens (tertiary/aromatic N) is 3. The van der Waals surface area contributed by atoms with E-state index in [9.17, 15) is 13.2 Å². The van der Waals surface area contributed by atoms with E-state index in [0.717, 1.165) is 49.2 Å². The highest BCUT2D eigenvalue weighted by Crippen LogP contribution is 2.30. The van der Waals surface area contributed by atoms with Gasteiger partial charge in [-0.15, -0.1) is 35.3 Å². The summed E-state index contributed by atoms with van der Waals surface area (Å²) in [5.74, 6) is 1.20. The minimum atomic E-state index is -4.40. The number of guanidine groups is 1. The normalized spacial score (nSPS) is 16.9. The zero-order valence-electron chi connectivity index (χ0n) is 16.7. The van der Waals surface area contributed by atoms with Crippen molar-refractivity contribution in [2.75, 3.05) is 26.7 Å². The Morgan fingerprint density at radius 3 is 2.39 bits per heavy atom. The number of aliphatic imine (C=N–C) groups is 1. The molecule has 0 saturated carbocycles. The lowest BCUT2D eigenvalue weighted by Gasteiger charge is -2.34. The molecule has 1 saturated heterocycles. The van der Waals surface area contributed by atoms with E-state index >= 15 is 0 Å². The summed E-state index contributed by atoms with van der Waals surface area (Å²) in [7, 11) is 1.67. The zero-order valence-corrected chi connectivity index (χ0v) is 19.8. The number of hydrogen-bond donors (Lipinski definition) is 2. The predicted octanol–water partition coefficient (Wildman–Crippen LogP) is 4.35. The predicted molar refractivity (Wildman–Crippen MR) is 119 cm³/mol. The summed E-state index contributed by atoms with van der Waals surface area (Å²) in [5, 5.41) is 7.86. The van der Waals surface area contributed by atoms with Crippen molar-refractivity contribution in [1.29, 1.82) is 0 Å². The van der Waals surface area contributed by atoms with Gasteiger partial charge in [0.25, 0.3) is 0 Å². The second kappa shape index (κ2) is 12.2. The fourth-order valence-corrected chi connectivity index (χ4v) is 4.34. The van der Waals surface area contributed by atoms with Gasteiger partial charge in [0, 0.05) is 25.0 Å². The Kier molecular flexibility index (Phi) is 11.0. The van der Waals surface area contributed by atoms with Crippen molar-refractivity contribution in [3.63, 3.8) is 0 Å². The first kappa shape index (κ1) is 25.4. The van der Waals surface area contributed by atoms with Crippen LogP contribution in [0.25, 0.3) is 0 Å². The van der Waals surface area contributed by atoms with E-state index in [4.69, 9.17) is 0 Å². The van der Waals surface area contributed by atoms with Crippen LogP contribution in [0, 0.1) is 5.92 Å². The molecule has 1 unspecified atom stereocenters. The van der Waals surface area contributed by atoms with Crippen molar-refractivity contribution in [2.24, 2.45) is 10.9 Å². The minimum Gasteiger partial charge on any atom is -0.355 e. The van der Waals surface area contributed by atoms with Crippen molar-refractivity contribution in [1.82, 2.24) is 20.5 Å². The fraction of sp³-hybridized carbons (Fsp3) is 0.778. The molecule has 1 aromatic heterocycles. The van der Waals surface area contributed by atoms with E-state index < -0.39 is 11.9 Å². The summed E-state index contributed by atoms with van der Waals surface area (Å²) in [6.45, 7) is 7.72. The van der Waals surface area contributed by atoms with Crippen LogP contribution in [0.4, 0.5) is 13.2 Å².